The molecule has 1 aromatic heterocycles. The number of anilines is 2. The van der Waals surface area contributed by atoms with E-state index in [4.69, 9.17) is 5.73 Å². The van der Waals surface area contributed by atoms with Crippen LogP contribution in [0.15, 0.2) is 30.6 Å². The number of hydrogen-bond donors (Lipinski definition) is 3. The van der Waals surface area contributed by atoms with Crippen molar-refractivity contribution in [3.05, 3.63) is 47.4 Å². The van der Waals surface area contributed by atoms with Crippen molar-refractivity contribution in [3.63, 3.8) is 0 Å². The number of carbonyl (C=O) groups is 2. The van der Waals surface area contributed by atoms with E-state index in [9.17, 15) is 9.59 Å². The summed E-state index contributed by atoms with van der Waals surface area (Å²) in [5.74, 6) is -0.232. The number of aryl methyl sites for hydroxylation is 1. The molecule has 0 saturated carbocycles. The smallest absolute Gasteiger partial charge is 0.274 e. The first-order chi connectivity index (χ1) is 11.0. The van der Waals surface area contributed by atoms with Crippen LogP contribution in [0.5, 0.6) is 0 Å². The molecular weight excluding hydrogens is 294 g/mol. The van der Waals surface area contributed by atoms with E-state index in [1.165, 1.54) is 12.4 Å². The van der Waals surface area contributed by atoms with Crippen LogP contribution in [0.1, 0.15) is 41.0 Å². The van der Waals surface area contributed by atoms with E-state index in [-0.39, 0.29) is 29.4 Å². The third-order valence-corrected chi connectivity index (χ3v) is 3.81. The predicted octanol–water partition coefficient (Wildman–Crippen LogP) is 1.43. The van der Waals surface area contributed by atoms with E-state index in [1.807, 2.05) is 25.1 Å². The highest BCUT2D eigenvalue weighted by Gasteiger charge is 2.19. The van der Waals surface area contributed by atoms with Crippen LogP contribution in [0, 0.1) is 0 Å². The third kappa shape index (κ3) is 3.13. The fourth-order valence-electron chi connectivity index (χ4n) is 2.54. The van der Waals surface area contributed by atoms with Gasteiger partial charge in [0.05, 0.1) is 6.04 Å². The summed E-state index contributed by atoms with van der Waals surface area (Å²) in [6, 6.07) is 5.53. The Morgan fingerprint density at radius 1 is 1.30 bits per heavy atom. The molecule has 7 heteroatoms. The zero-order chi connectivity index (χ0) is 16.4. The average Bonchev–Trinajstić information content (AvgIpc) is 2.54. The number of aromatic nitrogens is 2. The molecule has 1 unspecified atom stereocenters. The van der Waals surface area contributed by atoms with Crippen molar-refractivity contribution < 1.29 is 9.59 Å². The van der Waals surface area contributed by atoms with Crippen LogP contribution in [0.3, 0.4) is 0 Å². The van der Waals surface area contributed by atoms with Gasteiger partial charge >= 0.3 is 0 Å². The maximum Gasteiger partial charge on any atom is 0.274 e. The number of hydrogen-bond acceptors (Lipinski definition) is 5. The zero-order valence-electron chi connectivity index (χ0n) is 12.7. The second-order valence-electron chi connectivity index (χ2n) is 5.45. The summed E-state index contributed by atoms with van der Waals surface area (Å²) >= 11 is 0. The summed E-state index contributed by atoms with van der Waals surface area (Å²) in [5, 5.41) is 5.70. The molecular formula is C16H17N5O2. The molecule has 2 aromatic rings. The normalized spacial score (nSPS) is 14.6. The fourth-order valence-corrected chi connectivity index (χ4v) is 2.54. The molecule has 118 valence electrons. The summed E-state index contributed by atoms with van der Waals surface area (Å²) in [5.41, 5.74) is 8.64. The minimum absolute atomic E-state index is 0.0322. The molecule has 1 atom stereocenters. The lowest BCUT2D eigenvalue weighted by atomic mass is 9.98. The van der Waals surface area contributed by atoms with E-state index in [1.54, 1.807) is 0 Å². The third-order valence-electron chi connectivity index (χ3n) is 3.81. The van der Waals surface area contributed by atoms with Gasteiger partial charge in [-0.15, -0.1) is 0 Å². The van der Waals surface area contributed by atoms with Gasteiger partial charge in [0.1, 0.15) is 0 Å². The van der Waals surface area contributed by atoms with Crippen molar-refractivity contribution in [3.8, 4) is 0 Å². The number of nitrogens with zero attached hydrogens (tertiary/aromatic N) is 2. The molecule has 0 fully saturated rings. The molecule has 0 bridgehead atoms. The second kappa shape index (κ2) is 6.04. The van der Waals surface area contributed by atoms with E-state index in [0.29, 0.717) is 12.8 Å². The minimum Gasteiger partial charge on any atom is -0.382 e. The zero-order valence-corrected chi connectivity index (χ0v) is 12.7. The van der Waals surface area contributed by atoms with Crippen LogP contribution >= 0.6 is 0 Å². The number of carbonyl (C=O) groups excluding carboxylic acids is 2. The van der Waals surface area contributed by atoms with Gasteiger partial charge in [-0.05, 0) is 30.5 Å². The Morgan fingerprint density at radius 3 is 2.87 bits per heavy atom. The van der Waals surface area contributed by atoms with Gasteiger partial charge in [-0.3, -0.25) is 9.59 Å². The molecule has 2 heterocycles. The van der Waals surface area contributed by atoms with Crippen LogP contribution in [0.4, 0.5) is 11.5 Å². The van der Waals surface area contributed by atoms with Gasteiger partial charge < -0.3 is 16.4 Å². The van der Waals surface area contributed by atoms with Gasteiger partial charge in [-0.25, -0.2) is 9.97 Å². The largest absolute Gasteiger partial charge is 0.382 e. The Labute approximate surface area is 133 Å². The number of nitrogens with two attached hydrogens (primary N) is 1. The molecule has 0 saturated heterocycles. The van der Waals surface area contributed by atoms with E-state index in [0.717, 1.165) is 16.8 Å². The van der Waals surface area contributed by atoms with Crippen LogP contribution in [-0.2, 0) is 11.2 Å². The molecule has 4 N–H and O–H groups in total. The maximum atomic E-state index is 12.2. The molecule has 0 aliphatic carbocycles. The molecule has 0 spiro atoms. The van der Waals surface area contributed by atoms with Crippen molar-refractivity contribution in [2.24, 2.45) is 0 Å². The van der Waals surface area contributed by atoms with Crippen LogP contribution in [-0.4, -0.2) is 21.8 Å². The van der Waals surface area contributed by atoms with Crippen molar-refractivity contribution in [1.82, 2.24) is 15.3 Å². The topological polar surface area (TPSA) is 110 Å². The first-order valence-corrected chi connectivity index (χ1v) is 7.34. The van der Waals surface area contributed by atoms with Crippen molar-refractivity contribution in [1.29, 1.82) is 0 Å². The highest BCUT2D eigenvalue weighted by atomic mass is 16.2. The van der Waals surface area contributed by atoms with Crippen LogP contribution < -0.4 is 16.4 Å². The number of benzene rings is 1. The fraction of sp³-hybridized carbons (Fsp3) is 0.250. The number of nitrogens with one attached hydrogen (secondary N) is 2. The summed E-state index contributed by atoms with van der Waals surface area (Å²) in [4.78, 5) is 31.4. The van der Waals surface area contributed by atoms with Gasteiger partial charge in [0, 0.05) is 24.5 Å². The molecule has 1 aromatic carbocycles. The van der Waals surface area contributed by atoms with Crippen molar-refractivity contribution in [2.75, 3.05) is 11.1 Å². The van der Waals surface area contributed by atoms with E-state index in [2.05, 4.69) is 20.6 Å². The van der Waals surface area contributed by atoms with Crippen LogP contribution in [0.25, 0.3) is 0 Å². The molecule has 23 heavy (non-hydrogen) atoms. The Kier molecular flexibility index (Phi) is 3.92. The summed E-state index contributed by atoms with van der Waals surface area (Å²) in [6.45, 7) is 1.88. The van der Waals surface area contributed by atoms with Gasteiger partial charge in [-0.2, -0.15) is 0 Å². The van der Waals surface area contributed by atoms with Crippen molar-refractivity contribution in [2.45, 2.75) is 25.8 Å². The quantitative estimate of drug-likeness (QED) is 0.794. The van der Waals surface area contributed by atoms with E-state index < -0.39 is 0 Å². The Hall–Kier alpha value is -2.96. The minimum atomic E-state index is -0.367. The van der Waals surface area contributed by atoms with Gasteiger partial charge in [-0.1, -0.05) is 12.1 Å². The first kappa shape index (κ1) is 15.0. The molecule has 7 nitrogen and oxygen atoms in total. The average molecular weight is 311 g/mol. The number of fused-ring (bicyclic) bond motifs is 1. The lowest BCUT2D eigenvalue weighted by molar-refractivity contribution is -0.116. The van der Waals surface area contributed by atoms with Gasteiger partial charge in [0.25, 0.3) is 5.91 Å². The van der Waals surface area contributed by atoms with E-state index >= 15 is 0 Å². The SMILES string of the molecule is CC(NC(=O)c1nccnc1N)c1ccc2c(c1)CCC(=O)N2. The lowest BCUT2D eigenvalue weighted by Crippen LogP contribution is -2.28. The van der Waals surface area contributed by atoms with Crippen molar-refractivity contribution >= 4 is 23.3 Å². The number of rotatable bonds is 3. The maximum absolute atomic E-state index is 12.2. The van der Waals surface area contributed by atoms with Crippen LogP contribution in [0.2, 0.25) is 0 Å². The van der Waals surface area contributed by atoms with Gasteiger partial charge in [0.2, 0.25) is 5.91 Å². The first-order valence-electron chi connectivity index (χ1n) is 7.34. The Bertz CT molecular complexity index is 775. The summed E-state index contributed by atoms with van der Waals surface area (Å²) in [6.07, 6.45) is 4.05. The second-order valence-corrected chi connectivity index (χ2v) is 5.45. The Balaban J connectivity index is 1.76. The molecule has 3 rings (SSSR count). The Morgan fingerprint density at radius 2 is 2.09 bits per heavy atom. The molecule has 2 amide bonds. The molecule has 0 radical (unpaired) electrons. The monoisotopic (exact) mass is 311 g/mol. The summed E-state index contributed by atoms with van der Waals surface area (Å²) < 4.78 is 0. The number of amides is 2. The highest BCUT2D eigenvalue weighted by Crippen LogP contribution is 2.26. The summed E-state index contributed by atoms with van der Waals surface area (Å²) in [7, 11) is 0. The van der Waals surface area contributed by atoms with Gasteiger partial charge in [0.15, 0.2) is 11.5 Å². The lowest BCUT2D eigenvalue weighted by Gasteiger charge is -2.20. The highest BCUT2D eigenvalue weighted by molar-refractivity contribution is 5.96. The predicted molar refractivity (Wildman–Crippen MR) is 85.7 cm³/mol. The molecule has 1 aliphatic rings. The standard InChI is InChI=1S/C16H17N5O2/c1-9(20-16(23)14-15(17)19-7-6-18-14)10-2-4-12-11(8-10)3-5-13(22)21-12/h2,4,6-9H,3,5H2,1H3,(H2,17,19)(H,20,23)(H,21,22). The molecule has 1 aliphatic heterocycles. The number of nitrogen functional groups attached to an aromatic ring is 1.